The van der Waals surface area contributed by atoms with Crippen molar-refractivity contribution >= 4 is 5.91 Å². The van der Waals surface area contributed by atoms with Gasteiger partial charge in [-0.2, -0.15) is 5.10 Å². The molecule has 26 heavy (non-hydrogen) atoms. The quantitative estimate of drug-likeness (QED) is 0.859. The lowest BCUT2D eigenvalue weighted by molar-refractivity contribution is -0.123. The standard InChI is InChI=1S/C20H25N3O3/c1-14-7-8-17(11-15(14)2)26-13-19(24)21-9-10-23-20(25)12-16-5-3-4-6-18(16)22-23/h7-8,11-12H,3-6,9-10,13H2,1-2H3,(H,21,24). The number of benzene rings is 1. The molecule has 1 aliphatic rings. The molecule has 0 saturated carbocycles. The number of carbonyl (C=O) groups is 1. The van der Waals surface area contributed by atoms with Crippen molar-refractivity contribution in [2.45, 2.75) is 46.1 Å². The van der Waals surface area contributed by atoms with Gasteiger partial charge in [0.05, 0.1) is 12.2 Å². The third-order valence-electron chi connectivity index (χ3n) is 4.77. The molecule has 3 rings (SSSR count). The van der Waals surface area contributed by atoms with Crippen LogP contribution in [0.25, 0.3) is 0 Å². The lowest BCUT2D eigenvalue weighted by Crippen LogP contribution is -2.35. The number of hydrogen-bond donors (Lipinski definition) is 1. The Labute approximate surface area is 153 Å². The first-order chi connectivity index (χ1) is 12.5. The maximum atomic E-state index is 12.1. The molecule has 138 valence electrons. The van der Waals surface area contributed by atoms with Crippen molar-refractivity contribution < 1.29 is 9.53 Å². The highest BCUT2D eigenvalue weighted by Gasteiger charge is 2.13. The topological polar surface area (TPSA) is 73.2 Å². The van der Waals surface area contributed by atoms with Crippen LogP contribution in [0.2, 0.25) is 0 Å². The van der Waals surface area contributed by atoms with Gasteiger partial charge >= 0.3 is 0 Å². The maximum absolute atomic E-state index is 12.1. The summed E-state index contributed by atoms with van der Waals surface area (Å²) in [5, 5.41) is 7.21. The largest absolute Gasteiger partial charge is 0.484 e. The molecule has 0 aliphatic heterocycles. The Morgan fingerprint density at radius 3 is 2.81 bits per heavy atom. The second kappa shape index (κ2) is 8.17. The van der Waals surface area contributed by atoms with Crippen LogP contribution < -0.4 is 15.6 Å². The molecule has 0 saturated heterocycles. The van der Waals surface area contributed by atoms with E-state index in [1.54, 1.807) is 6.07 Å². The highest BCUT2D eigenvalue weighted by Crippen LogP contribution is 2.17. The molecular formula is C20H25N3O3. The van der Waals surface area contributed by atoms with Crippen LogP contribution in [0.3, 0.4) is 0 Å². The highest BCUT2D eigenvalue weighted by molar-refractivity contribution is 5.77. The number of carbonyl (C=O) groups excluding carboxylic acids is 1. The average Bonchev–Trinajstić information content (AvgIpc) is 2.63. The summed E-state index contributed by atoms with van der Waals surface area (Å²) < 4.78 is 6.95. The molecule has 6 nitrogen and oxygen atoms in total. The van der Waals surface area contributed by atoms with Crippen LogP contribution in [0.4, 0.5) is 0 Å². The third-order valence-corrected chi connectivity index (χ3v) is 4.77. The predicted octanol–water partition coefficient (Wildman–Crippen LogP) is 1.93. The Hall–Kier alpha value is -2.63. The van der Waals surface area contributed by atoms with Crippen LogP contribution in [-0.4, -0.2) is 28.8 Å². The van der Waals surface area contributed by atoms with Gasteiger partial charge in [-0.15, -0.1) is 0 Å². The summed E-state index contributed by atoms with van der Waals surface area (Å²) >= 11 is 0. The zero-order valence-electron chi connectivity index (χ0n) is 15.4. The molecule has 0 bridgehead atoms. The van der Waals surface area contributed by atoms with Crippen molar-refractivity contribution in [3.8, 4) is 5.75 Å². The average molecular weight is 355 g/mol. The van der Waals surface area contributed by atoms with Crippen molar-refractivity contribution in [1.29, 1.82) is 0 Å². The van der Waals surface area contributed by atoms with E-state index in [2.05, 4.69) is 10.4 Å². The summed E-state index contributed by atoms with van der Waals surface area (Å²) in [6.45, 7) is 4.70. The zero-order valence-corrected chi connectivity index (χ0v) is 15.4. The van der Waals surface area contributed by atoms with Crippen LogP contribution in [0.1, 0.15) is 35.2 Å². The number of aromatic nitrogens is 2. The summed E-state index contributed by atoms with van der Waals surface area (Å²) in [5.41, 5.74) is 4.29. The number of aryl methyl sites for hydroxylation is 4. The molecule has 1 heterocycles. The van der Waals surface area contributed by atoms with Crippen LogP contribution in [0.5, 0.6) is 5.75 Å². The van der Waals surface area contributed by atoms with Crippen molar-refractivity contribution in [1.82, 2.24) is 15.1 Å². The van der Waals surface area contributed by atoms with Gasteiger partial charge in [-0.05, 0) is 68.4 Å². The van der Waals surface area contributed by atoms with Crippen molar-refractivity contribution in [3.63, 3.8) is 0 Å². The minimum Gasteiger partial charge on any atom is -0.484 e. The zero-order chi connectivity index (χ0) is 18.5. The molecule has 1 aromatic carbocycles. The first kappa shape index (κ1) is 18.2. The minimum absolute atomic E-state index is 0.0466. The number of nitrogens with one attached hydrogen (secondary N) is 1. The van der Waals surface area contributed by atoms with E-state index in [4.69, 9.17) is 4.74 Å². The SMILES string of the molecule is Cc1ccc(OCC(=O)NCCn2nc3c(cc2=O)CCCC3)cc1C. The number of fused-ring (bicyclic) bond motifs is 1. The second-order valence-electron chi connectivity index (χ2n) is 6.77. The van der Waals surface area contributed by atoms with Gasteiger partial charge in [0.1, 0.15) is 5.75 Å². The summed E-state index contributed by atoms with van der Waals surface area (Å²) in [5.74, 6) is 0.463. The van der Waals surface area contributed by atoms with E-state index >= 15 is 0 Å². The lowest BCUT2D eigenvalue weighted by atomic mass is 9.97. The van der Waals surface area contributed by atoms with Gasteiger partial charge in [0.25, 0.3) is 11.5 Å². The molecule has 0 radical (unpaired) electrons. The fraction of sp³-hybridized carbons (Fsp3) is 0.450. The molecule has 0 spiro atoms. The number of ether oxygens (including phenoxy) is 1. The number of amides is 1. The first-order valence-corrected chi connectivity index (χ1v) is 9.09. The summed E-state index contributed by atoms with van der Waals surface area (Å²) in [6, 6.07) is 7.42. The summed E-state index contributed by atoms with van der Waals surface area (Å²) in [4.78, 5) is 24.0. The monoisotopic (exact) mass is 355 g/mol. The number of nitrogens with zero attached hydrogens (tertiary/aromatic N) is 2. The van der Waals surface area contributed by atoms with Gasteiger partial charge in [0, 0.05) is 12.6 Å². The molecule has 2 aromatic rings. The van der Waals surface area contributed by atoms with E-state index in [9.17, 15) is 9.59 Å². The Bertz CT molecular complexity index is 858. The predicted molar refractivity (Wildman–Crippen MR) is 99.6 cm³/mol. The number of hydrogen-bond acceptors (Lipinski definition) is 4. The van der Waals surface area contributed by atoms with Crippen LogP contribution >= 0.6 is 0 Å². The number of rotatable bonds is 6. The van der Waals surface area contributed by atoms with Gasteiger partial charge < -0.3 is 10.1 Å². The minimum atomic E-state index is -0.214. The molecule has 0 unspecified atom stereocenters. The smallest absolute Gasteiger partial charge is 0.267 e. The van der Waals surface area contributed by atoms with Crippen LogP contribution in [-0.2, 0) is 24.2 Å². The van der Waals surface area contributed by atoms with Gasteiger partial charge in [-0.1, -0.05) is 6.07 Å². The molecule has 1 amide bonds. The van der Waals surface area contributed by atoms with Gasteiger partial charge in [0.2, 0.25) is 0 Å². The molecule has 1 N–H and O–H groups in total. The fourth-order valence-corrected chi connectivity index (χ4v) is 3.07. The second-order valence-corrected chi connectivity index (χ2v) is 6.77. The molecule has 1 aliphatic carbocycles. The van der Waals surface area contributed by atoms with E-state index in [1.165, 1.54) is 10.2 Å². The molecule has 1 aromatic heterocycles. The Morgan fingerprint density at radius 1 is 1.19 bits per heavy atom. The van der Waals surface area contributed by atoms with Crippen LogP contribution in [0.15, 0.2) is 29.1 Å². The van der Waals surface area contributed by atoms with Crippen molar-refractivity contribution in [2.75, 3.05) is 13.2 Å². The van der Waals surface area contributed by atoms with E-state index < -0.39 is 0 Å². The van der Waals surface area contributed by atoms with Crippen LogP contribution in [0, 0.1) is 13.8 Å². The summed E-state index contributed by atoms with van der Waals surface area (Å²) in [6.07, 6.45) is 4.09. The molecule has 6 heteroatoms. The Morgan fingerprint density at radius 2 is 2.00 bits per heavy atom. The Balaban J connectivity index is 1.48. The molecular weight excluding hydrogens is 330 g/mol. The molecule has 0 atom stereocenters. The normalized spacial score (nSPS) is 13.2. The molecule has 0 fully saturated rings. The van der Waals surface area contributed by atoms with Crippen molar-refractivity contribution in [2.24, 2.45) is 0 Å². The van der Waals surface area contributed by atoms with Gasteiger partial charge in [-0.3, -0.25) is 9.59 Å². The lowest BCUT2D eigenvalue weighted by Gasteiger charge is -2.16. The van der Waals surface area contributed by atoms with E-state index in [0.29, 0.717) is 18.8 Å². The van der Waals surface area contributed by atoms with E-state index in [-0.39, 0.29) is 18.1 Å². The van der Waals surface area contributed by atoms with Gasteiger partial charge in [0.15, 0.2) is 6.61 Å². The first-order valence-electron chi connectivity index (χ1n) is 9.09. The highest BCUT2D eigenvalue weighted by atomic mass is 16.5. The fourth-order valence-electron chi connectivity index (χ4n) is 3.07. The maximum Gasteiger partial charge on any atom is 0.267 e. The van der Waals surface area contributed by atoms with E-state index in [0.717, 1.165) is 42.5 Å². The van der Waals surface area contributed by atoms with E-state index in [1.807, 2.05) is 32.0 Å². The van der Waals surface area contributed by atoms with Gasteiger partial charge in [-0.25, -0.2) is 4.68 Å². The summed E-state index contributed by atoms with van der Waals surface area (Å²) in [7, 11) is 0. The third kappa shape index (κ3) is 4.50. The van der Waals surface area contributed by atoms with Crippen molar-refractivity contribution in [3.05, 3.63) is 57.0 Å². The Kier molecular flexibility index (Phi) is 5.71.